The Morgan fingerprint density at radius 3 is 3.12 bits per heavy atom. The SMILES string of the molecule is C[C@@H]1CCN(c2cccc(C[B]OCN)c2)C1. The number of rotatable bonds is 5. The first-order chi connectivity index (χ1) is 8.29. The molecule has 0 spiro atoms. The van der Waals surface area contributed by atoms with E-state index in [0.717, 1.165) is 12.2 Å². The van der Waals surface area contributed by atoms with Gasteiger partial charge in [0.05, 0.1) is 6.73 Å². The molecular weight excluding hydrogens is 211 g/mol. The van der Waals surface area contributed by atoms with E-state index in [0.29, 0.717) is 0 Å². The molecule has 3 nitrogen and oxygen atoms in total. The van der Waals surface area contributed by atoms with E-state index in [1.54, 1.807) is 7.48 Å². The van der Waals surface area contributed by atoms with Crippen molar-refractivity contribution < 1.29 is 4.65 Å². The largest absolute Gasteiger partial charge is 0.428 e. The molecule has 1 saturated heterocycles. The molecule has 4 heteroatoms. The first-order valence-corrected chi connectivity index (χ1v) is 6.27. The molecule has 2 rings (SSSR count). The molecule has 1 atom stereocenters. The second-order valence-electron chi connectivity index (χ2n) is 4.71. The van der Waals surface area contributed by atoms with Crippen LogP contribution in [0.1, 0.15) is 18.9 Å². The highest BCUT2D eigenvalue weighted by Gasteiger charge is 2.18. The third-order valence-electron chi connectivity index (χ3n) is 3.23. The summed E-state index contributed by atoms with van der Waals surface area (Å²) in [5.74, 6) is 0.811. The van der Waals surface area contributed by atoms with Gasteiger partial charge in [0.15, 0.2) is 0 Å². The summed E-state index contributed by atoms with van der Waals surface area (Å²) in [5.41, 5.74) is 7.88. The molecule has 1 heterocycles. The molecule has 0 aliphatic carbocycles. The van der Waals surface area contributed by atoms with Gasteiger partial charge < -0.3 is 15.3 Å². The first-order valence-electron chi connectivity index (χ1n) is 6.27. The van der Waals surface area contributed by atoms with Crippen molar-refractivity contribution >= 4 is 13.2 Å². The van der Waals surface area contributed by atoms with Gasteiger partial charge in [0.2, 0.25) is 0 Å². The number of nitrogens with two attached hydrogens (primary N) is 1. The fourth-order valence-corrected chi connectivity index (χ4v) is 2.27. The fraction of sp³-hybridized carbons (Fsp3) is 0.538. The number of benzene rings is 1. The summed E-state index contributed by atoms with van der Waals surface area (Å²) in [5, 5.41) is 0. The Morgan fingerprint density at radius 1 is 1.53 bits per heavy atom. The Balaban J connectivity index is 1.96. The van der Waals surface area contributed by atoms with Gasteiger partial charge in [-0.1, -0.05) is 24.6 Å². The van der Waals surface area contributed by atoms with Crippen LogP contribution in [0, 0.1) is 5.92 Å². The van der Waals surface area contributed by atoms with Crippen molar-refractivity contribution in [1.29, 1.82) is 0 Å². The molecule has 1 radical (unpaired) electrons. The van der Waals surface area contributed by atoms with Gasteiger partial charge in [-0.05, 0) is 30.8 Å². The molecule has 0 aromatic heterocycles. The number of hydrogen-bond donors (Lipinski definition) is 1. The van der Waals surface area contributed by atoms with Crippen molar-refractivity contribution in [3.05, 3.63) is 29.8 Å². The second-order valence-corrected chi connectivity index (χ2v) is 4.71. The lowest BCUT2D eigenvalue weighted by Crippen LogP contribution is -2.19. The number of nitrogens with zero attached hydrogens (tertiary/aromatic N) is 1. The van der Waals surface area contributed by atoms with Gasteiger partial charge in [-0.3, -0.25) is 0 Å². The first kappa shape index (κ1) is 12.5. The molecule has 91 valence electrons. The molecule has 0 amide bonds. The van der Waals surface area contributed by atoms with Gasteiger partial charge in [0.1, 0.15) is 0 Å². The minimum atomic E-state index is 0.253. The van der Waals surface area contributed by atoms with Crippen molar-refractivity contribution in [2.45, 2.75) is 19.7 Å². The average Bonchev–Trinajstić information content (AvgIpc) is 2.77. The molecule has 1 fully saturated rings. The molecule has 0 unspecified atom stereocenters. The lowest BCUT2D eigenvalue weighted by Gasteiger charge is -2.19. The molecule has 17 heavy (non-hydrogen) atoms. The van der Waals surface area contributed by atoms with Crippen LogP contribution in [0.4, 0.5) is 5.69 Å². The topological polar surface area (TPSA) is 38.5 Å². The van der Waals surface area contributed by atoms with Gasteiger partial charge in [-0.2, -0.15) is 0 Å². The predicted molar refractivity (Wildman–Crippen MR) is 72.0 cm³/mol. The van der Waals surface area contributed by atoms with Gasteiger partial charge in [-0.25, -0.2) is 0 Å². The molecule has 0 bridgehead atoms. The quantitative estimate of drug-likeness (QED) is 0.475. The van der Waals surface area contributed by atoms with Crippen LogP contribution in [0.15, 0.2) is 24.3 Å². The zero-order chi connectivity index (χ0) is 12.1. The highest BCUT2D eigenvalue weighted by Crippen LogP contribution is 2.24. The highest BCUT2D eigenvalue weighted by atomic mass is 16.4. The summed E-state index contributed by atoms with van der Waals surface area (Å²) in [7, 11) is 1.77. The van der Waals surface area contributed by atoms with E-state index >= 15 is 0 Å². The molecule has 2 N–H and O–H groups in total. The number of anilines is 1. The van der Waals surface area contributed by atoms with Crippen molar-refractivity contribution in [3.63, 3.8) is 0 Å². The maximum atomic E-state index is 5.28. The van der Waals surface area contributed by atoms with Crippen LogP contribution < -0.4 is 10.6 Å². The van der Waals surface area contributed by atoms with E-state index in [9.17, 15) is 0 Å². The minimum Gasteiger partial charge on any atom is -0.428 e. The third kappa shape index (κ3) is 3.48. The van der Waals surface area contributed by atoms with Crippen molar-refractivity contribution in [1.82, 2.24) is 0 Å². The molecule has 1 aliphatic rings. The maximum absolute atomic E-state index is 5.28. The van der Waals surface area contributed by atoms with Crippen LogP contribution >= 0.6 is 0 Å². The summed E-state index contributed by atoms with van der Waals surface area (Å²) in [4.78, 5) is 2.46. The second kappa shape index (κ2) is 6.08. The Morgan fingerprint density at radius 2 is 2.41 bits per heavy atom. The average molecular weight is 231 g/mol. The molecule has 1 aliphatic heterocycles. The van der Waals surface area contributed by atoms with Gasteiger partial charge in [0, 0.05) is 18.8 Å². The summed E-state index contributed by atoms with van der Waals surface area (Å²) in [6.07, 6.45) is 2.11. The van der Waals surface area contributed by atoms with Crippen LogP contribution in [0.3, 0.4) is 0 Å². The van der Waals surface area contributed by atoms with E-state index in [4.69, 9.17) is 10.4 Å². The zero-order valence-electron chi connectivity index (χ0n) is 10.4. The zero-order valence-corrected chi connectivity index (χ0v) is 10.4. The van der Waals surface area contributed by atoms with E-state index in [2.05, 4.69) is 36.1 Å². The third-order valence-corrected chi connectivity index (χ3v) is 3.23. The minimum absolute atomic E-state index is 0.253. The smallest absolute Gasteiger partial charge is 0.298 e. The van der Waals surface area contributed by atoms with Gasteiger partial charge in [0.25, 0.3) is 7.48 Å². The standard InChI is InChI=1S/C13H20BN2O/c1-11-5-6-16(9-11)13-4-2-3-12(7-13)8-14-17-10-15/h2-4,7,11H,5-6,8-10,15H2,1H3/t11-/m1/s1. The maximum Gasteiger partial charge on any atom is 0.298 e. The van der Waals surface area contributed by atoms with Crippen molar-refractivity contribution in [3.8, 4) is 0 Å². The molecular formula is C13H20BN2O. The summed E-state index contributed by atoms with van der Waals surface area (Å²) in [6.45, 7) is 4.91. The highest BCUT2D eigenvalue weighted by molar-refractivity contribution is 6.26. The summed E-state index contributed by atoms with van der Waals surface area (Å²) in [6, 6.07) is 8.67. The monoisotopic (exact) mass is 231 g/mol. The van der Waals surface area contributed by atoms with Crippen LogP contribution in [0.5, 0.6) is 0 Å². The fourth-order valence-electron chi connectivity index (χ4n) is 2.27. The molecule has 1 aromatic rings. The van der Waals surface area contributed by atoms with E-state index in [1.165, 1.54) is 30.8 Å². The lowest BCUT2D eigenvalue weighted by atomic mass is 9.89. The Kier molecular flexibility index (Phi) is 4.46. The van der Waals surface area contributed by atoms with Gasteiger partial charge in [-0.15, -0.1) is 0 Å². The lowest BCUT2D eigenvalue weighted by molar-refractivity contribution is 0.348. The predicted octanol–water partition coefficient (Wildman–Crippen LogP) is 1.58. The van der Waals surface area contributed by atoms with Crippen molar-refractivity contribution in [2.75, 3.05) is 24.7 Å². The Hall–Kier alpha value is -0.995. The van der Waals surface area contributed by atoms with Crippen molar-refractivity contribution in [2.24, 2.45) is 11.7 Å². The normalized spacial score (nSPS) is 19.6. The van der Waals surface area contributed by atoms with Crippen LogP contribution in [0.2, 0.25) is 0 Å². The Labute approximate surface area is 104 Å². The summed E-state index contributed by atoms with van der Waals surface area (Å²) < 4.78 is 5.06. The van der Waals surface area contributed by atoms with Crippen LogP contribution in [-0.2, 0) is 11.0 Å². The molecule has 0 saturated carbocycles. The van der Waals surface area contributed by atoms with Crippen LogP contribution in [0.25, 0.3) is 0 Å². The molecule has 1 aromatic carbocycles. The van der Waals surface area contributed by atoms with Crippen LogP contribution in [-0.4, -0.2) is 27.3 Å². The van der Waals surface area contributed by atoms with E-state index in [1.807, 2.05) is 0 Å². The van der Waals surface area contributed by atoms with Gasteiger partial charge >= 0.3 is 0 Å². The van der Waals surface area contributed by atoms with E-state index in [-0.39, 0.29) is 6.73 Å². The Bertz CT molecular complexity index is 359. The van der Waals surface area contributed by atoms with E-state index < -0.39 is 0 Å². The summed E-state index contributed by atoms with van der Waals surface area (Å²) >= 11 is 0. The number of hydrogen-bond acceptors (Lipinski definition) is 3.